The molecule has 1 atom stereocenters. The number of rotatable bonds is 3. The van der Waals surface area contributed by atoms with Crippen LogP contribution in [-0.2, 0) is 9.59 Å². The van der Waals surface area contributed by atoms with Crippen molar-refractivity contribution in [2.45, 2.75) is 13.8 Å². The van der Waals surface area contributed by atoms with E-state index in [0.717, 1.165) is 0 Å². The first-order chi connectivity index (χ1) is 8.47. The van der Waals surface area contributed by atoms with E-state index in [1.54, 1.807) is 4.90 Å². The Balaban J connectivity index is 2.46. The normalized spacial score (nSPS) is 17.2. The second-order valence-corrected chi connectivity index (χ2v) is 4.21. The Labute approximate surface area is 106 Å². The topological polar surface area (TPSA) is 90.0 Å². The summed E-state index contributed by atoms with van der Waals surface area (Å²) in [4.78, 5) is 37.1. The molecule has 0 aromatic carbocycles. The maximum absolute atomic E-state index is 11.8. The first-order valence-electron chi connectivity index (χ1n) is 6.01. The number of amides is 3. The van der Waals surface area contributed by atoms with Gasteiger partial charge in [-0.15, -0.1) is 0 Å². The Bertz CT molecular complexity index is 337. The summed E-state index contributed by atoms with van der Waals surface area (Å²) in [7, 11) is 0. The zero-order valence-corrected chi connectivity index (χ0v) is 10.7. The average Bonchev–Trinajstić information content (AvgIpc) is 2.37. The molecule has 2 N–H and O–H groups in total. The van der Waals surface area contributed by atoms with E-state index in [0.29, 0.717) is 32.7 Å². The van der Waals surface area contributed by atoms with E-state index in [1.807, 2.05) is 6.92 Å². The zero-order chi connectivity index (χ0) is 13.7. The summed E-state index contributed by atoms with van der Waals surface area (Å²) in [6, 6.07) is -0.143. The van der Waals surface area contributed by atoms with Gasteiger partial charge in [-0.2, -0.15) is 0 Å². The average molecular weight is 257 g/mol. The molecule has 0 bridgehead atoms. The number of carboxylic acids is 1. The summed E-state index contributed by atoms with van der Waals surface area (Å²) in [5.74, 6) is -2.54. The highest BCUT2D eigenvalue weighted by Gasteiger charge is 2.29. The number of piperazine rings is 1. The van der Waals surface area contributed by atoms with E-state index in [2.05, 4.69) is 5.32 Å². The minimum Gasteiger partial charge on any atom is -0.481 e. The van der Waals surface area contributed by atoms with E-state index in [-0.39, 0.29) is 6.03 Å². The van der Waals surface area contributed by atoms with E-state index in [4.69, 9.17) is 5.11 Å². The van der Waals surface area contributed by atoms with Gasteiger partial charge in [0, 0.05) is 32.7 Å². The number of carboxylic acid groups (broad SMARTS) is 1. The number of nitrogens with one attached hydrogen (secondary N) is 1. The third kappa shape index (κ3) is 3.35. The minimum atomic E-state index is -1.12. The molecule has 18 heavy (non-hydrogen) atoms. The number of hydrogen-bond donors (Lipinski definition) is 2. The number of hydrogen-bond acceptors (Lipinski definition) is 3. The monoisotopic (exact) mass is 257 g/mol. The van der Waals surface area contributed by atoms with Crippen LogP contribution in [0.2, 0.25) is 0 Å². The Kier molecular flexibility index (Phi) is 4.94. The van der Waals surface area contributed by atoms with E-state index >= 15 is 0 Å². The molecule has 7 nitrogen and oxygen atoms in total. The molecule has 1 heterocycles. The predicted molar refractivity (Wildman–Crippen MR) is 64.0 cm³/mol. The molecule has 1 aliphatic heterocycles. The van der Waals surface area contributed by atoms with Gasteiger partial charge in [-0.05, 0) is 13.8 Å². The van der Waals surface area contributed by atoms with Crippen LogP contribution in [0.1, 0.15) is 13.8 Å². The first kappa shape index (κ1) is 14.3. The molecule has 1 rings (SSSR count). The van der Waals surface area contributed by atoms with Crippen LogP contribution >= 0.6 is 0 Å². The van der Waals surface area contributed by atoms with E-state index < -0.39 is 17.8 Å². The van der Waals surface area contributed by atoms with Crippen LogP contribution in [0.3, 0.4) is 0 Å². The number of carbonyl (C=O) groups is 3. The number of urea groups is 1. The third-order valence-electron chi connectivity index (χ3n) is 2.95. The van der Waals surface area contributed by atoms with Gasteiger partial charge >= 0.3 is 12.0 Å². The fourth-order valence-electron chi connectivity index (χ4n) is 1.77. The van der Waals surface area contributed by atoms with Crippen molar-refractivity contribution in [1.29, 1.82) is 0 Å². The van der Waals surface area contributed by atoms with Gasteiger partial charge in [0.2, 0.25) is 5.91 Å². The van der Waals surface area contributed by atoms with Crippen LogP contribution < -0.4 is 5.32 Å². The molecule has 0 radical (unpaired) electrons. The quantitative estimate of drug-likeness (QED) is 0.672. The molecular formula is C11H19N3O4. The SMILES string of the molecule is CCNC(=O)N1CCN(C(=O)C(C)C(=O)O)CC1. The summed E-state index contributed by atoms with van der Waals surface area (Å²) in [6.45, 7) is 5.41. The van der Waals surface area contributed by atoms with Gasteiger partial charge in [-0.1, -0.05) is 0 Å². The number of carbonyl (C=O) groups excluding carboxylic acids is 2. The van der Waals surface area contributed by atoms with E-state index in [1.165, 1.54) is 11.8 Å². The van der Waals surface area contributed by atoms with Gasteiger partial charge in [0.15, 0.2) is 0 Å². The molecule has 1 unspecified atom stereocenters. The van der Waals surface area contributed by atoms with Gasteiger partial charge < -0.3 is 20.2 Å². The van der Waals surface area contributed by atoms with Crippen molar-refractivity contribution >= 4 is 17.9 Å². The molecule has 7 heteroatoms. The first-order valence-corrected chi connectivity index (χ1v) is 6.01. The maximum atomic E-state index is 11.8. The molecule has 0 spiro atoms. The van der Waals surface area contributed by atoms with Crippen molar-refractivity contribution < 1.29 is 19.5 Å². The molecule has 0 saturated carbocycles. The molecule has 3 amide bonds. The summed E-state index contributed by atoms with van der Waals surface area (Å²) in [5.41, 5.74) is 0. The largest absolute Gasteiger partial charge is 0.481 e. The molecule has 0 aromatic rings. The highest BCUT2D eigenvalue weighted by Crippen LogP contribution is 2.08. The lowest BCUT2D eigenvalue weighted by Crippen LogP contribution is -2.54. The van der Waals surface area contributed by atoms with Crippen LogP contribution in [0, 0.1) is 5.92 Å². The van der Waals surface area contributed by atoms with Crippen LogP contribution in [0.5, 0.6) is 0 Å². The molecule has 0 aromatic heterocycles. The van der Waals surface area contributed by atoms with Crippen molar-refractivity contribution in [1.82, 2.24) is 15.1 Å². The molecule has 1 aliphatic rings. The lowest BCUT2D eigenvalue weighted by Gasteiger charge is -2.35. The summed E-state index contributed by atoms with van der Waals surface area (Å²) < 4.78 is 0. The summed E-state index contributed by atoms with van der Waals surface area (Å²) >= 11 is 0. The zero-order valence-electron chi connectivity index (χ0n) is 10.7. The molecular weight excluding hydrogens is 238 g/mol. The van der Waals surface area contributed by atoms with Crippen LogP contribution in [-0.4, -0.2) is 65.5 Å². The fourth-order valence-corrected chi connectivity index (χ4v) is 1.77. The molecule has 0 aliphatic carbocycles. The third-order valence-corrected chi connectivity index (χ3v) is 2.95. The maximum Gasteiger partial charge on any atom is 0.317 e. The lowest BCUT2D eigenvalue weighted by atomic mass is 10.1. The highest BCUT2D eigenvalue weighted by molar-refractivity contribution is 5.96. The standard InChI is InChI=1S/C11H19N3O4/c1-3-12-11(18)14-6-4-13(5-7-14)9(15)8(2)10(16)17/h8H,3-7H2,1-2H3,(H,12,18)(H,16,17). The van der Waals surface area contributed by atoms with Crippen molar-refractivity contribution in [3.63, 3.8) is 0 Å². The molecule has 102 valence electrons. The summed E-state index contributed by atoms with van der Waals surface area (Å²) in [5, 5.41) is 11.5. The van der Waals surface area contributed by atoms with Crippen LogP contribution in [0.15, 0.2) is 0 Å². The minimum absolute atomic E-state index is 0.143. The Morgan fingerprint density at radius 1 is 1.17 bits per heavy atom. The molecule has 1 saturated heterocycles. The lowest BCUT2D eigenvalue weighted by molar-refractivity contribution is -0.150. The molecule has 1 fully saturated rings. The van der Waals surface area contributed by atoms with Gasteiger partial charge in [0.05, 0.1) is 0 Å². The van der Waals surface area contributed by atoms with Gasteiger partial charge in [-0.3, -0.25) is 9.59 Å². The number of nitrogens with zero attached hydrogens (tertiary/aromatic N) is 2. The Morgan fingerprint density at radius 2 is 1.67 bits per heavy atom. The number of aliphatic carboxylic acids is 1. The van der Waals surface area contributed by atoms with Crippen molar-refractivity contribution in [3.8, 4) is 0 Å². The van der Waals surface area contributed by atoms with Gasteiger partial charge in [0.1, 0.15) is 5.92 Å². The van der Waals surface area contributed by atoms with Gasteiger partial charge in [-0.25, -0.2) is 4.79 Å². The second-order valence-electron chi connectivity index (χ2n) is 4.21. The predicted octanol–water partition coefficient (Wildman–Crippen LogP) is -0.419. The van der Waals surface area contributed by atoms with Crippen LogP contribution in [0.4, 0.5) is 4.79 Å². The van der Waals surface area contributed by atoms with E-state index in [9.17, 15) is 14.4 Å². The Hall–Kier alpha value is -1.79. The van der Waals surface area contributed by atoms with Gasteiger partial charge in [0.25, 0.3) is 0 Å². The Morgan fingerprint density at radius 3 is 2.11 bits per heavy atom. The van der Waals surface area contributed by atoms with Crippen molar-refractivity contribution in [3.05, 3.63) is 0 Å². The second kappa shape index (κ2) is 6.23. The highest BCUT2D eigenvalue weighted by atomic mass is 16.4. The fraction of sp³-hybridized carbons (Fsp3) is 0.727. The van der Waals surface area contributed by atoms with Crippen molar-refractivity contribution in [2.75, 3.05) is 32.7 Å². The van der Waals surface area contributed by atoms with Crippen molar-refractivity contribution in [2.24, 2.45) is 5.92 Å². The smallest absolute Gasteiger partial charge is 0.317 e. The van der Waals surface area contributed by atoms with Crippen LogP contribution in [0.25, 0.3) is 0 Å². The summed E-state index contributed by atoms with van der Waals surface area (Å²) in [6.07, 6.45) is 0.